The zero-order valence-corrected chi connectivity index (χ0v) is 17.2. The molecule has 158 valence electrons. The minimum absolute atomic E-state index is 0.0289. The fraction of sp³-hybridized carbons (Fsp3) is 0.409. The lowest BCUT2D eigenvalue weighted by Gasteiger charge is -2.18. The number of ether oxygens (including phenoxy) is 1. The second-order valence-corrected chi connectivity index (χ2v) is 7.40. The summed E-state index contributed by atoms with van der Waals surface area (Å²) in [5.41, 5.74) is 1.12. The van der Waals surface area contributed by atoms with Crippen LogP contribution in [0, 0.1) is 17.0 Å². The number of hydrogen-bond acceptors (Lipinski definition) is 6. The Labute approximate surface area is 174 Å². The maximum Gasteiger partial charge on any atom is 0.338 e. The van der Waals surface area contributed by atoms with Crippen LogP contribution in [0.15, 0.2) is 41.5 Å². The Morgan fingerprint density at radius 1 is 1.17 bits per heavy atom. The highest BCUT2D eigenvalue weighted by Crippen LogP contribution is 2.21. The maximum atomic E-state index is 13.3. The van der Waals surface area contributed by atoms with E-state index in [0.29, 0.717) is 5.49 Å². The molecule has 1 aliphatic rings. The maximum absolute atomic E-state index is 13.3. The van der Waals surface area contributed by atoms with Gasteiger partial charge >= 0.3 is 5.97 Å². The molecule has 0 unspecified atom stereocenters. The van der Waals surface area contributed by atoms with Gasteiger partial charge in [-0.3, -0.25) is 24.5 Å². The largest absolute Gasteiger partial charge is 0.462 e. The van der Waals surface area contributed by atoms with Gasteiger partial charge in [0.15, 0.2) is 0 Å². The number of carbonyl (C=O) groups is 2. The van der Waals surface area contributed by atoms with Gasteiger partial charge in [-0.25, -0.2) is 4.79 Å². The number of rotatable bonds is 5. The number of nitro groups is 1. The van der Waals surface area contributed by atoms with E-state index in [2.05, 4.69) is 0 Å². The number of nitrogens with zero attached hydrogens (tertiary/aromatic N) is 3. The fourth-order valence-electron chi connectivity index (χ4n) is 3.57. The highest BCUT2D eigenvalue weighted by molar-refractivity contribution is 6.00. The van der Waals surface area contributed by atoms with Crippen molar-refractivity contribution in [3.8, 4) is 0 Å². The van der Waals surface area contributed by atoms with Crippen molar-refractivity contribution >= 4 is 17.6 Å². The quantitative estimate of drug-likeness (QED) is 0.423. The molecule has 0 saturated heterocycles. The van der Waals surface area contributed by atoms with E-state index >= 15 is 0 Å². The van der Waals surface area contributed by atoms with Crippen molar-refractivity contribution < 1.29 is 19.2 Å². The van der Waals surface area contributed by atoms with Crippen molar-refractivity contribution in [1.82, 2.24) is 4.57 Å². The summed E-state index contributed by atoms with van der Waals surface area (Å²) in [7, 11) is 0. The molecule has 0 N–H and O–H groups in total. The second-order valence-electron chi connectivity index (χ2n) is 7.40. The lowest BCUT2D eigenvalue weighted by Crippen LogP contribution is -2.30. The molecule has 8 heteroatoms. The molecule has 0 atom stereocenters. The fourth-order valence-corrected chi connectivity index (χ4v) is 3.57. The SMILES string of the molecule is CCOC(=O)c1cc(C(=O)n2ccc(C)cc2=NC2CCCCC2)cc([N+](=O)[O-])c1. The first-order chi connectivity index (χ1) is 14.4. The molecule has 8 nitrogen and oxygen atoms in total. The number of non-ortho nitro benzene ring substituents is 1. The lowest BCUT2D eigenvalue weighted by atomic mass is 9.96. The summed E-state index contributed by atoms with van der Waals surface area (Å²) in [6.07, 6.45) is 6.99. The summed E-state index contributed by atoms with van der Waals surface area (Å²) < 4.78 is 6.33. The molecular formula is C22H25N3O5. The van der Waals surface area contributed by atoms with Crippen LogP contribution >= 0.6 is 0 Å². The number of aryl methyl sites for hydroxylation is 1. The van der Waals surface area contributed by atoms with Crippen LogP contribution < -0.4 is 5.49 Å². The van der Waals surface area contributed by atoms with E-state index in [-0.39, 0.29) is 29.5 Å². The van der Waals surface area contributed by atoms with E-state index in [1.807, 2.05) is 13.0 Å². The molecule has 0 amide bonds. The minimum atomic E-state index is -0.712. The summed E-state index contributed by atoms with van der Waals surface area (Å²) in [5.74, 6) is -1.20. The van der Waals surface area contributed by atoms with E-state index in [0.717, 1.165) is 37.3 Å². The van der Waals surface area contributed by atoms with Gasteiger partial charge in [-0.2, -0.15) is 0 Å². The van der Waals surface area contributed by atoms with Crippen LogP contribution in [0.25, 0.3) is 0 Å². The predicted molar refractivity (Wildman–Crippen MR) is 110 cm³/mol. The van der Waals surface area contributed by atoms with Crippen molar-refractivity contribution in [3.05, 3.63) is 68.8 Å². The third kappa shape index (κ3) is 5.00. The number of benzene rings is 1. The van der Waals surface area contributed by atoms with Crippen LogP contribution in [-0.2, 0) is 4.74 Å². The van der Waals surface area contributed by atoms with E-state index in [1.54, 1.807) is 19.2 Å². The third-order valence-corrected chi connectivity index (χ3v) is 5.09. The number of pyridine rings is 1. The number of carbonyl (C=O) groups excluding carboxylic acids is 2. The average Bonchev–Trinajstić information content (AvgIpc) is 2.74. The molecule has 0 spiro atoms. The van der Waals surface area contributed by atoms with Crippen LogP contribution in [0.4, 0.5) is 5.69 Å². The first-order valence-corrected chi connectivity index (χ1v) is 10.1. The standard InChI is InChI=1S/C22H25N3O5/c1-3-30-22(27)17-12-16(13-19(14-17)25(28)29)21(26)24-10-9-15(2)11-20(24)23-18-7-5-4-6-8-18/h9-14,18H,3-8H2,1-2H3. The highest BCUT2D eigenvalue weighted by atomic mass is 16.6. The molecule has 1 heterocycles. The van der Waals surface area contributed by atoms with Gasteiger partial charge in [-0.1, -0.05) is 19.3 Å². The van der Waals surface area contributed by atoms with Crippen LogP contribution in [0.5, 0.6) is 0 Å². The molecule has 3 rings (SSSR count). The Hall–Kier alpha value is -3.29. The van der Waals surface area contributed by atoms with Crippen molar-refractivity contribution in [2.24, 2.45) is 4.99 Å². The second kappa shape index (κ2) is 9.47. The first-order valence-electron chi connectivity index (χ1n) is 10.1. The summed E-state index contributed by atoms with van der Waals surface area (Å²) in [6.45, 7) is 3.69. The lowest BCUT2D eigenvalue weighted by molar-refractivity contribution is -0.384. The molecule has 30 heavy (non-hydrogen) atoms. The first kappa shape index (κ1) is 21.4. The van der Waals surface area contributed by atoms with Crippen LogP contribution in [-0.4, -0.2) is 34.0 Å². The van der Waals surface area contributed by atoms with Crippen LogP contribution in [0.2, 0.25) is 0 Å². The molecule has 0 aliphatic heterocycles. The van der Waals surface area contributed by atoms with Crippen molar-refractivity contribution in [2.45, 2.75) is 52.0 Å². The number of esters is 1. The molecule has 1 fully saturated rings. The smallest absolute Gasteiger partial charge is 0.338 e. The minimum Gasteiger partial charge on any atom is -0.462 e. The highest BCUT2D eigenvalue weighted by Gasteiger charge is 2.20. The Morgan fingerprint density at radius 3 is 2.53 bits per heavy atom. The zero-order valence-electron chi connectivity index (χ0n) is 17.2. The molecule has 1 aliphatic carbocycles. The molecule has 1 saturated carbocycles. The molecule has 0 radical (unpaired) electrons. The monoisotopic (exact) mass is 411 g/mol. The van der Waals surface area contributed by atoms with Gasteiger partial charge < -0.3 is 4.74 Å². The summed E-state index contributed by atoms with van der Waals surface area (Å²) >= 11 is 0. The zero-order chi connectivity index (χ0) is 21.7. The molecule has 0 bridgehead atoms. The Morgan fingerprint density at radius 2 is 1.87 bits per heavy atom. The van der Waals surface area contributed by atoms with Gasteiger partial charge in [0.25, 0.3) is 11.6 Å². The normalized spacial score (nSPS) is 15.1. The van der Waals surface area contributed by atoms with E-state index in [4.69, 9.17) is 9.73 Å². The van der Waals surface area contributed by atoms with Gasteiger partial charge in [0, 0.05) is 23.9 Å². The van der Waals surface area contributed by atoms with Gasteiger partial charge in [-0.15, -0.1) is 0 Å². The van der Waals surface area contributed by atoms with Gasteiger partial charge in [0.1, 0.15) is 5.49 Å². The van der Waals surface area contributed by atoms with E-state index in [9.17, 15) is 19.7 Å². The summed E-state index contributed by atoms with van der Waals surface area (Å²) in [4.78, 5) is 40.9. The molecule has 1 aromatic heterocycles. The predicted octanol–water partition coefficient (Wildman–Crippen LogP) is 3.80. The summed E-state index contributed by atoms with van der Waals surface area (Å²) in [5, 5.41) is 11.3. The molecule has 1 aromatic carbocycles. The van der Waals surface area contributed by atoms with Crippen molar-refractivity contribution in [1.29, 1.82) is 0 Å². The Balaban J connectivity index is 2.07. The van der Waals surface area contributed by atoms with E-state index in [1.165, 1.54) is 23.1 Å². The van der Waals surface area contributed by atoms with Gasteiger partial charge in [0.05, 0.1) is 23.1 Å². The number of aromatic nitrogens is 1. The van der Waals surface area contributed by atoms with Crippen LogP contribution in [0.1, 0.15) is 65.3 Å². The topological polar surface area (TPSA) is 104 Å². The number of nitro benzene ring substituents is 1. The Bertz CT molecular complexity index is 1040. The van der Waals surface area contributed by atoms with Crippen molar-refractivity contribution in [3.63, 3.8) is 0 Å². The summed E-state index contributed by atoms with van der Waals surface area (Å²) in [6, 6.07) is 7.37. The van der Waals surface area contributed by atoms with Gasteiger partial charge in [-0.05, 0) is 50.5 Å². The van der Waals surface area contributed by atoms with Crippen LogP contribution in [0.3, 0.4) is 0 Å². The van der Waals surface area contributed by atoms with Gasteiger partial charge in [0.2, 0.25) is 0 Å². The average molecular weight is 411 g/mol. The third-order valence-electron chi connectivity index (χ3n) is 5.09. The Kier molecular flexibility index (Phi) is 6.76. The molecular weight excluding hydrogens is 386 g/mol. The number of hydrogen-bond donors (Lipinski definition) is 0. The van der Waals surface area contributed by atoms with E-state index < -0.39 is 16.8 Å². The van der Waals surface area contributed by atoms with Crippen molar-refractivity contribution in [2.75, 3.05) is 6.61 Å². The molecule has 2 aromatic rings.